The SMILES string of the molecule is FC(F)(F)c1ccccc1.O=COCl. The molecule has 0 atom stereocenters. The Kier molecular flexibility index (Phi) is 5.71. The van der Waals surface area contributed by atoms with Gasteiger partial charge in [0.2, 0.25) is 0 Å². The molecule has 0 unspecified atom stereocenters. The highest BCUT2D eigenvalue weighted by Gasteiger charge is 2.29. The molecule has 1 rings (SSSR count). The molecule has 0 aliphatic heterocycles. The summed E-state index contributed by atoms with van der Waals surface area (Å²) in [7, 11) is 0. The number of halogens is 4. The molecule has 0 amide bonds. The third kappa shape index (κ3) is 5.42. The monoisotopic (exact) mass is 226 g/mol. The van der Waals surface area contributed by atoms with E-state index >= 15 is 0 Å². The zero-order chi connectivity index (χ0) is 11.0. The quantitative estimate of drug-likeness (QED) is 0.688. The second kappa shape index (κ2) is 6.26. The Morgan fingerprint density at radius 3 is 1.86 bits per heavy atom. The van der Waals surface area contributed by atoms with Gasteiger partial charge in [0, 0.05) is 0 Å². The Morgan fingerprint density at radius 2 is 1.64 bits per heavy atom. The lowest BCUT2D eigenvalue weighted by atomic mass is 10.2. The minimum atomic E-state index is -4.21. The summed E-state index contributed by atoms with van der Waals surface area (Å²) < 4.78 is 38.7. The average molecular weight is 227 g/mol. The van der Waals surface area contributed by atoms with Gasteiger partial charge in [0.15, 0.2) is 0 Å². The summed E-state index contributed by atoms with van der Waals surface area (Å²) in [6.07, 6.45) is -4.21. The fourth-order valence-corrected chi connectivity index (χ4v) is 0.627. The minimum Gasteiger partial charge on any atom is -0.350 e. The van der Waals surface area contributed by atoms with Gasteiger partial charge in [-0.3, -0.25) is 4.79 Å². The van der Waals surface area contributed by atoms with Crippen LogP contribution in [0, 0.1) is 0 Å². The number of rotatable bonds is 1. The summed E-state index contributed by atoms with van der Waals surface area (Å²) in [6, 6.07) is 6.36. The predicted octanol–water partition coefficient (Wildman–Crippen LogP) is 3.02. The summed E-state index contributed by atoms with van der Waals surface area (Å²) in [5.74, 6) is 0. The number of hydrogen-bond donors (Lipinski definition) is 0. The average Bonchev–Trinajstić information content (AvgIpc) is 2.18. The van der Waals surface area contributed by atoms with E-state index in [1.807, 2.05) is 0 Å². The van der Waals surface area contributed by atoms with Crippen molar-refractivity contribution in [3.05, 3.63) is 35.9 Å². The molecule has 0 fully saturated rings. The molecule has 0 radical (unpaired) electrons. The van der Waals surface area contributed by atoms with E-state index in [1.54, 1.807) is 6.07 Å². The van der Waals surface area contributed by atoms with Crippen molar-refractivity contribution in [2.24, 2.45) is 0 Å². The molecule has 0 aromatic heterocycles. The van der Waals surface area contributed by atoms with E-state index in [9.17, 15) is 13.2 Å². The van der Waals surface area contributed by atoms with Gasteiger partial charge in [-0.1, -0.05) is 30.3 Å². The molecule has 0 bridgehead atoms. The predicted molar refractivity (Wildman–Crippen MR) is 44.4 cm³/mol. The lowest BCUT2D eigenvalue weighted by Gasteiger charge is -2.03. The first kappa shape index (κ1) is 12.8. The van der Waals surface area contributed by atoms with Crippen molar-refractivity contribution in [2.75, 3.05) is 0 Å². The van der Waals surface area contributed by atoms with Crippen LogP contribution in [0.2, 0.25) is 0 Å². The zero-order valence-electron chi connectivity index (χ0n) is 6.79. The second-order valence-corrected chi connectivity index (χ2v) is 2.23. The van der Waals surface area contributed by atoms with Crippen molar-refractivity contribution < 1.29 is 22.3 Å². The minimum absolute atomic E-state index is 0.140. The zero-order valence-corrected chi connectivity index (χ0v) is 7.55. The molecule has 6 heteroatoms. The fraction of sp³-hybridized carbons (Fsp3) is 0.125. The van der Waals surface area contributed by atoms with E-state index in [-0.39, 0.29) is 6.47 Å². The number of carbonyl (C=O) groups excluding carboxylic acids is 1. The largest absolute Gasteiger partial charge is 0.416 e. The topological polar surface area (TPSA) is 26.3 Å². The smallest absolute Gasteiger partial charge is 0.350 e. The van der Waals surface area contributed by atoms with Crippen molar-refractivity contribution in [1.29, 1.82) is 0 Å². The van der Waals surface area contributed by atoms with Crippen LogP contribution in [0.5, 0.6) is 0 Å². The molecule has 0 heterocycles. The molecule has 2 nitrogen and oxygen atoms in total. The van der Waals surface area contributed by atoms with Crippen molar-refractivity contribution in [3.8, 4) is 0 Å². The molecule has 0 saturated carbocycles. The van der Waals surface area contributed by atoms with Gasteiger partial charge in [0.1, 0.15) is 11.9 Å². The van der Waals surface area contributed by atoms with Crippen LogP contribution in [-0.2, 0) is 15.3 Å². The van der Waals surface area contributed by atoms with Crippen molar-refractivity contribution in [2.45, 2.75) is 6.18 Å². The van der Waals surface area contributed by atoms with E-state index in [0.717, 1.165) is 12.1 Å². The Labute approximate surface area is 83.4 Å². The van der Waals surface area contributed by atoms with Gasteiger partial charge < -0.3 is 4.29 Å². The third-order valence-corrected chi connectivity index (χ3v) is 1.21. The summed E-state index contributed by atoms with van der Waals surface area (Å²) in [4.78, 5) is 8.82. The molecule has 1 aromatic rings. The van der Waals surface area contributed by atoms with E-state index < -0.39 is 11.7 Å². The third-order valence-electron chi connectivity index (χ3n) is 1.14. The normalized spacial score (nSPS) is 9.71. The lowest BCUT2D eigenvalue weighted by molar-refractivity contribution is -0.137. The van der Waals surface area contributed by atoms with Crippen LogP contribution in [0.15, 0.2) is 30.3 Å². The first-order valence-corrected chi connectivity index (χ1v) is 3.66. The van der Waals surface area contributed by atoms with Crippen LogP contribution in [0.1, 0.15) is 5.56 Å². The van der Waals surface area contributed by atoms with E-state index in [0.29, 0.717) is 0 Å². The maximum Gasteiger partial charge on any atom is 0.416 e. The van der Waals surface area contributed by atoms with Crippen LogP contribution in [0.4, 0.5) is 13.2 Å². The van der Waals surface area contributed by atoms with Crippen LogP contribution in [0.25, 0.3) is 0 Å². The molecule has 14 heavy (non-hydrogen) atoms. The van der Waals surface area contributed by atoms with Crippen molar-refractivity contribution in [1.82, 2.24) is 0 Å². The van der Waals surface area contributed by atoms with Gasteiger partial charge in [-0.15, -0.1) is 0 Å². The standard InChI is InChI=1S/C7H5F3.CHClO2/c8-7(9,10)6-4-2-1-3-5-6;2-4-1-3/h1-5H;1H. The maximum absolute atomic E-state index is 11.8. The van der Waals surface area contributed by atoms with E-state index in [2.05, 4.69) is 16.2 Å². The van der Waals surface area contributed by atoms with Gasteiger partial charge in [-0.25, -0.2) is 0 Å². The molecule has 1 aromatic carbocycles. The van der Waals surface area contributed by atoms with Crippen molar-refractivity contribution in [3.63, 3.8) is 0 Å². The Morgan fingerprint density at radius 1 is 1.21 bits per heavy atom. The summed E-state index contributed by atoms with van der Waals surface area (Å²) >= 11 is 4.32. The highest BCUT2D eigenvalue weighted by Crippen LogP contribution is 2.28. The number of hydrogen-bond acceptors (Lipinski definition) is 2. The fourth-order valence-electron chi connectivity index (χ4n) is 0.627. The van der Waals surface area contributed by atoms with Gasteiger partial charge in [0.25, 0.3) is 0 Å². The highest BCUT2D eigenvalue weighted by molar-refractivity contribution is 6.10. The number of carbonyl (C=O) groups is 1. The molecule has 0 aliphatic carbocycles. The molecule has 0 spiro atoms. The van der Waals surface area contributed by atoms with Gasteiger partial charge in [-0.2, -0.15) is 13.2 Å². The molecular formula is C8H6ClF3O2. The van der Waals surface area contributed by atoms with E-state index in [4.69, 9.17) is 4.79 Å². The molecule has 0 N–H and O–H groups in total. The molecule has 78 valence electrons. The Bertz CT molecular complexity index is 261. The van der Waals surface area contributed by atoms with Gasteiger partial charge >= 0.3 is 12.6 Å². The maximum atomic E-state index is 11.8. The second-order valence-electron chi connectivity index (χ2n) is 2.05. The Balaban J connectivity index is 0.000000364. The summed E-state index contributed by atoms with van der Waals surface area (Å²) in [6.45, 7) is 0.140. The lowest BCUT2D eigenvalue weighted by Crippen LogP contribution is -2.03. The molecule has 0 aliphatic rings. The molecule has 0 saturated heterocycles. The van der Waals surface area contributed by atoms with Crippen LogP contribution >= 0.6 is 11.9 Å². The molecular weight excluding hydrogens is 221 g/mol. The number of benzene rings is 1. The van der Waals surface area contributed by atoms with Crippen LogP contribution in [0.3, 0.4) is 0 Å². The Hall–Kier alpha value is -1.23. The first-order valence-electron chi connectivity index (χ1n) is 3.35. The van der Waals surface area contributed by atoms with Gasteiger partial charge in [-0.05, 0) is 0 Å². The van der Waals surface area contributed by atoms with Crippen molar-refractivity contribution >= 4 is 18.3 Å². The highest BCUT2D eigenvalue weighted by atomic mass is 35.5. The summed E-state index contributed by atoms with van der Waals surface area (Å²) in [5.41, 5.74) is -0.602. The summed E-state index contributed by atoms with van der Waals surface area (Å²) in [5, 5.41) is 0. The van der Waals surface area contributed by atoms with Crippen LogP contribution < -0.4 is 0 Å². The van der Waals surface area contributed by atoms with E-state index in [1.165, 1.54) is 12.1 Å². The van der Waals surface area contributed by atoms with Crippen LogP contribution in [-0.4, -0.2) is 6.47 Å². The number of alkyl halides is 3. The first-order chi connectivity index (χ1) is 6.52. The van der Waals surface area contributed by atoms with Gasteiger partial charge in [0.05, 0.1) is 5.56 Å².